The van der Waals surface area contributed by atoms with E-state index in [1.165, 1.54) is 17.1 Å². The quantitative estimate of drug-likeness (QED) is 0.752. The van der Waals surface area contributed by atoms with Crippen LogP contribution in [0, 0.1) is 0 Å². The monoisotopic (exact) mass is 332 g/mol. The molecule has 2 rings (SSSR count). The smallest absolute Gasteiger partial charge is 0.276 e. The summed E-state index contributed by atoms with van der Waals surface area (Å²) in [5, 5.41) is 3.35. The maximum atomic E-state index is 12.6. The third-order valence-electron chi connectivity index (χ3n) is 3.76. The molecule has 1 aliphatic rings. The zero-order valence-corrected chi connectivity index (χ0v) is 14.5. The van der Waals surface area contributed by atoms with E-state index in [2.05, 4.69) is 5.32 Å². The van der Waals surface area contributed by atoms with Crippen LogP contribution in [0.4, 0.5) is 0 Å². The summed E-state index contributed by atoms with van der Waals surface area (Å²) in [7, 11) is -1.92. The van der Waals surface area contributed by atoms with E-state index in [1.807, 2.05) is 13.2 Å². The lowest BCUT2D eigenvalue weighted by molar-refractivity contribution is 0.350. The molecule has 1 fully saturated rings. The molecule has 1 heterocycles. The molecule has 120 valence electrons. The maximum Gasteiger partial charge on any atom is 0.276 e. The molecule has 1 saturated carbocycles. The second kappa shape index (κ2) is 7.17. The normalized spacial score (nSPS) is 17.3. The van der Waals surface area contributed by atoms with Crippen LogP contribution in [-0.4, -0.2) is 43.9 Å². The molecule has 0 amide bonds. The van der Waals surface area contributed by atoms with E-state index in [4.69, 9.17) is 4.42 Å². The minimum atomic E-state index is -3.55. The van der Waals surface area contributed by atoms with Gasteiger partial charge in [-0.3, -0.25) is 0 Å². The van der Waals surface area contributed by atoms with Crippen LogP contribution >= 0.6 is 11.8 Å². The second-order valence-corrected chi connectivity index (χ2v) is 8.25. The number of rotatable bonds is 9. The van der Waals surface area contributed by atoms with E-state index in [0.29, 0.717) is 18.3 Å². The maximum absolute atomic E-state index is 12.6. The van der Waals surface area contributed by atoms with Crippen LogP contribution in [0.1, 0.15) is 31.9 Å². The molecular weight excluding hydrogens is 308 g/mol. The van der Waals surface area contributed by atoms with Gasteiger partial charge in [0.1, 0.15) is 5.76 Å². The first kappa shape index (κ1) is 16.9. The van der Waals surface area contributed by atoms with Gasteiger partial charge in [-0.2, -0.15) is 16.1 Å². The number of thioether (sulfide) groups is 1. The fourth-order valence-corrected chi connectivity index (χ4v) is 4.43. The Morgan fingerprint density at radius 3 is 2.76 bits per heavy atom. The van der Waals surface area contributed by atoms with Gasteiger partial charge < -0.3 is 9.73 Å². The van der Waals surface area contributed by atoms with E-state index in [1.54, 1.807) is 30.9 Å². The summed E-state index contributed by atoms with van der Waals surface area (Å²) < 4.78 is 32.1. The summed E-state index contributed by atoms with van der Waals surface area (Å²) in [6, 6.07) is 3.86. The van der Waals surface area contributed by atoms with Crippen LogP contribution in [-0.2, 0) is 16.6 Å². The number of hydrogen-bond donors (Lipinski definition) is 1. The molecule has 1 atom stereocenters. The molecule has 7 heteroatoms. The van der Waals surface area contributed by atoms with Gasteiger partial charge in [0.25, 0.3) is 10.0 Å². The van der Waals surface area contributed by atoms with Gasteiger partial charge in [0.05, 0.1) is 6.54 Å². The lowest BCUT2D eigenvalue weighted by Crippen LogP contribution is -2.38. The summed E-state index contributed by atoms with van der Waals surface area (Å²) >= 11 is 1.65. The van der Waals surface area contributed by atoms with E-state index in [0.717, 1.165) is 12.2 Å². The lowest BCUT2D eigenvalue weighted by atomic mass is 10.3. The van der Waals surface area contributed by atoms with Crippen molar-refractivity contribution in [2.24, 2.45) is 0 Å². The van der Waals surface area contributed by atoms with Gasteiger partial charge in [0.15, 0.2) is 0 Å². The topological polar surface area (TPSA) is 62.6 Å². The zero-order valence-electron chi connectivity index (χ0n) is 12.8. The predicted molar refractivity (Wildman–Crippen MR) is 86.0 cm³/mol. The van der Waals surface area contributed by atoms with Gasteiger partial charge in [-0.05, 0) is 37.7 Å². The van der Waals surface area contributed by atoms with Crippen LogP contribution in [0.25, 0.3) is 0 Å². The second-order valence-electron chi connectivity index (χ2n) is 5.41. The van der Waals surface area contributed by atoms with E-state index in [-0.39, 0.29) is 11.1 Å². The van der Waals surface area contributed by atoms with E-state index >= 15 is 0 Å². The van der Waals surface area contributed by atoms with Crippen LogP contribution < -0.4 is 5.32 Å². The van der Waals surface area contributed by atoms with Crippen LogP contribution in [0.5, 0.6) is 0 Å². The van der Waals surface area contributed by atoms with Crippen molar-refractivity contribution in [1.29, 1.82) is 0 Å². The Morgan fingerprint density at radius 2 is 2.19 bits per heavy atom. The van der Waals surface area contributed by atoms with Crippen LogP contribution in [0.3, 0.4) is 0 Å². The van der Waals surface area contributed by atoms with Crippen LogP contribution in [0.2, 0.25) is 0 Å². The molecule has 1 aromatic heterocycles. The Bertz CT molecular complexity index is 552. The first-order chi connectivity index (χ1) is 9.98. The third kappa shape index (κ3) is 4.25. The Labute approximate surface area is 131 Å². The average Bonchev–Trinajstić information content (AvgIpc) is 3.17. The number of sulfonamides is 1. The van der Waals surface area contributed by atoms with Crippen molar-refractivity contribution in [3.8, 4) is 0 Å². The van der Waals surface area contributed by atoms with Crippen molar-refractivity contribution in [3.05, 3.63) is 17.9 Å². The molecule has 5 nitrogen and oxygen atoms in total. The predicted octanol–water partition coefficient (Wildman–Crippen LogP) is 2.29. The summed E-state index contributed by atoms with van der Waals surface area (Å²) in [6.45, 7) is 2.59. The molecule has 0 radical (unpaired) electrons. The molecule has 1 aromatic rings. The fraction of sp³-hybridized carbons (Fsp3) is 0.714. The van der Waals surface area contributed by atoms with Gasteiger partial charge in [-0.1, -0.05) is 6.92 Å². The number of furan rings is 1. The highest BCUT2D eigenvalue weighted by Gasteiger charge is 2.29. The van der Waals surface area contributed by atoms with Gasteiger partial charge >= 0.3 is 0 Å². The van der Waals surface area contributed by atoms with Crippen molar-refractivity contribution in [2.75, 3.05) is 19.1 Å². The highest BCUT2D eigenvalue weighted by Crippen LogP contribution is 2.23. The van der Waals surface area contributed by atoms with Crippen molar-refractivity contribution < 1.29 is 12.8 Å². The Morgan fingerprint density at radius 1 is 1.48 bits per heavy atom. The minimum Gasteiger partial charge on any atom is -0.447 e. The molecule has 1 aliphatic carbocycles. The van der Waals surface area contributed by atoms with Gasteiger partial charge in [-0.25, -0.2) is 8.42 Å². The molecule has 1 unspecified atom stereocenters. The molecule has 1 N–H and O–H groups in total. The van der Waals surface area contributed by atoms with Crippen molar-refractivity contribution in [3.63, 3.8) is 0 Å². The van der Waals surface area contributed by atoms with E-state index in [9.17, 15) is 8.42 Å². The molecule has 0 bridgehead atoms. The summed E-state index contributed by atoms with van der Waals surface area (Å²) in [6.07, 6.45) is 5.16. The highest BCUT2D eigenvalue weighted by molar-refractivity contribution is 7.98. The molecule has 0 aromatic carbocycles. The number of nitrogens with one attached hydrogen (secondary N) is 1. The Kier molecular flexibility index (Phi) is 5.76. The Balaban J connectivity index is 2.06. The molecule has 21 heavy (non-hydrogen) atoms. The molecule has 0 spiro atoms. The van der Waals surface area contributed by atoms with Crippen molar-refractivity contribution in [2.45, 2.75) is 49.9 Å². The van der Waals surface area contributed by atoms with E-state index < -0.39 is 10.0 Å². The summed E-state index contributed by atoms with van der Waals surface area (Å²) in [5.74, 6) is 1.45. The standard InChI is InChI=1S/C14H24N2O3S2/c1-4-12(10-20-3)16(2)21(17,18)14-8-7-13(19-14)9-15-11-5-6-11/h7-8,11-12,15H,4-6,9-10H2,1-3H3. The zero-order chi connectivity index (χ0) is 15.5. The molecular formula is C14H24N2O3S2. The average molecular weight is 332 g/mol. The largest absolute Gasteiger partial charge is 0.447 e. The van der Waals surface area contributed by atoms with Gasteiger partial charge in [0.2, 0.25) is 5.09 Å². The van der Waals surface area contributed by atoms with Gasteiger partial charge in [0, 0.05) is 24.9 Å². The highest BCUT2D eigenvalue weighted by atomic mass is 32.2. The lowest BCUT2D eigenvalue weighted by Gasteiger charge is -2.24. The SMILES string of the molecule is CCC(CSC)N(C)S(=O)(=O)c1ccc(CNC2CC2)o1. The first-order valence-corrected chi connectivity index (χ1v) is 10.1. The first-order valence-electron chi connectivity index (χ1n) is 7.28. The summed E-state index contributed by atoms with van der Waals surface area (Å²) in [5.41, 5.74) is 0. The summed E-state index contributed by atoms with van der Waals surface area (Å²) in [4.78, 5) is 0. The molecule has 0 aliphatic heterocycles. The number of nitrogens with zero attached hydrogens (tertiary/aromatic N) is 1. The van der Waals surface area contributed by atoms with Crippen LogP contribution in [0.15, 0.2) is 21.6 Å². The molecule has 0 saturated heterocycles. The van der Waals surface area contributed by atoms with Gasteiger partial charge in [-0.15, -0.1) is 0 Å². The van der Waals surface area contributed by atoms with Crippen molar-refractivity contribution >= 4 is 21.8 Å². The number of hydrogen-bond acceptors (Lipinski definition) is 5. The Hall–Kier alpha value is -0.500. The fourth-order valence-electron chi connectivity index (χ4n) is 2.13. The van der Waals surface area contributed by atoms with Crippen molar-refractivity contribution in [1.82, 2.24) is 9.62 Å². The third-order valence-corrected chi connectivity index (χ3v) is 6.26. The minimum absolute atomic E-state index is 0.0110.